The van der Waals surface area contributed by atoms with Gasteiger partial charge >= 0.3 is 0 Å². The molecule has 0 amide bonds. The van der Waals surface area contributed by atoms with E-state index in [9.17, 15) is 4.39 Å². The van der Waals surface area contributed by atoms with Crippen molar-refractivity contribution in [2.75, 3.05) is 0 Å². The maximum absolute atomic E-state index is 12.8. The van der Waals surface area contributed by atoms with E-state index in [0.29, 0.717) is 5.56 Å². The Hall–Kier alpha value is -1.36. The number of rotatable bonds is 0. The van der Waals surface area contributed by atoms with E-state index in [1.807, 2.05) is 0 Å². The predicted octanol–water partition coefficient (Wildman–Crippen LogP) is 1.51. The van der Waals surface area contributed by atoms with Gasteiger partial charge in [-0.3, -0.25) is 0 Å². The lowest BCUT2D eigenvalue weighted by molar-refractivity contribution is 0.607. The lowest BCUT2D eigenvalue weighted by Crippen LogP contribution is -1.90. The second-order valence-electron chi connectivity index (χ2n) is 1.93. The number of aromatic nitrogens is 1. The van der Waals surface area contributed by atoms with Crippen LogP contribution in [0.3, 0.4) is 0 Å². The van der Waals surface area contributed by atoms with Crippen LogP contribution in [-0.4, -0.2) is 4.98 Å². The number of aryl methyl sites for hydroxylation is 1. The van der Waals surface area contributed by atoms with Crippen LogP contribution < -0.4 is 0 Å². The lowest BCUT2D eigenvalue weighted by Gasteiger charge is -1.95. The first-order valence-corrected chi connectivity index (χ1v) is 2.83. The summed E-state index contributed by atoms with van der Waals surface area (Å²) in [6.07, 6.45) is 6.46. The van der Waals surface area contributed by atoms with Crippen LogP contribution in [-0.2, 0) is 0 Å². The molecule has 0 fully saturated rings. The van der Waals surface area contributed by atoms with E-state index in [4.69, 9.17) is 6.42 Å². The van der Waals surface area contributed by atoms with Gasteiger partial charge in [0, 0.05) is 6.20 Å². The molecule has 0 saturated heterocycles. The summed E-state index contributed by atoms with van der Waals surface area (Å²) in [5, 5.41) is 0. The molecule has 0 aliphatic rings. The van der Waals surface area contributed by atoms with Crippen LogP contribution in [0.15, 0.2) is 12.3 Å². The number of pyridine rings is 1. The molecule has 1 rings (SSSR count). The first kappa shape index (κ1) is 6.76. The fourth-order valence-electron chi connectivity index (χ4n) is 0.641. The zero-order valence-corrected chi connectivity index (χ0v) is 5.56. The van der Waals surface area contributed by atoms with E-state index in [1.54, 1.807) is 13.0 Å². The minimum Gasteiger partial charge on any atom is -0.245 e. The molecule has 50 valence electrons. The molecule has 2 heteroatoms. The van der Waals surface area contributed by atoms with Crippen molar-refractivity contribution in [1.29, 1.82) is 0 Å². The average Bonchev–Trinajstić information content (AvgIpc) is 1.95. The summed E-state index contributed by atoms with van der Waals surface area (Å²) in [6, 6.07) is 1.58. The molecule has 0 radical (unpaired) electrons. The van der Waals surface area contributed by atoms with E-state index in [-0.39, 0.29) is 5.69 Å². The average molecular weight is 135 g/mol. The quantitative estimate of drug-likeness (QED) is 0.491. The summed E-state index contributed by atoms with van der Waals surface area (Å²) >= 11 is 0. The fraction of sp³-hybridized carbons (Fsp3) is 0.125. The molecule has 1 heterocycles. The van der Waals surface area contributed by atoms with Gasteiger partial charge in [0.2, 0.25) is 0 Å². The molecule has 0 unspecified atom stereocenters. The van der Waals surface area contributed by atoms with Gasteiger partial charge in [-0.1, -0.05) is 0 Å². The summed E-state index contributed by atoms with van der Waals surface area (Å²) in [6.45, 7) is 1.65. The minimum absolute atomic E-state index is 0.0833. The summed E-state index contributed by atoms with van der Waals surface area (Å²) < 4.78 is 12.8. The Kier molecular flexibility index (Phi) is 1.68. The third-order valence-electron chi connectivity index (χ3n) is 1.22. The summed E-state index contributed by atoms with van der Waals surface area (Å²) in [5.74, 6) is 1.75. The van der Waals surface area contributed by atoms with Gasteiger partial charge in [0.25, 0.3) is 0 Å². The summed E-state index contributed by atoms with van der Waals surface area (Å²) in [4.78, 5) is 3.65. The number of hydrogen-bond acceptors (Lipinski definition) is 1. The van der Waals surface area contributed by atoms with E-state index >= 15 is 0 Å². The SMILES string of the molecule is C#Cc1nccc(C)c1F. The van der Waals surface area contributed by atoms with Gasteiger partial charge in [-0.2, -0.15) is 0 Å². The van der Waals surface area contributed by atoms with Crippen LogP contribution in [0.5, 0.6) is 0 Å². The van der Waals surface area contributed by atoms with Gasteiger partial charge in [-0.15, -0.1) is 6.42 Å². The zero-order valence-electron chi connectivity index (χ0n) is 5.56. The smallest absolute Gasteiger partial charge is 0.160 e. The van der Waals surface area contributed by atoms with Gasteiger partial charge < -0.3 is 0 Å². The number of terminal acetylenes is 1. The molecule has 0 atom stereocenters. The van der Waals surface area contributed by atoms with Crippen LogP contribution in [0.2, 0.25) is 0 Å². The molecular weight excluding hydrogens is 129 g/mol. The van der Waals surface area contributed by atoms with Crippen molar-refractivity contribution in [3.8, 4) is 12.3 Å². The highest BCUT2D eigenvalue weighted by Gasteiger charge is 2.01. The van der Waals surface area contributed by atoms with Crippen LogP contribution in [0.25, 0.3) is 0 Å². The topological polar surface area (TPSA) is 12.9 Å². The Morgan fingerprint density at radius 1 is 1.70 bits per heavy atom. The molecule has 0 N–H and O–H groups in total. The molecule has 10 heavy (non-hydrogen) atoms. The van der Waals surface area contributed by atoms with Crippen molar-refractivity contribution in [2.45, 2.75) is 6.92 Å². The van der Waals surface area contributed by atoms with Crippen LogP contribution in [0.4, 0.5) is 4.39 Å². The van der Waals surface area contributed by atoms with Gasteiger partial charge in [0.15, 0.2) is 5.82 Å². The lowest BCUT2D eigenvalue weighted by atomic mass is 10.2. The Morgan fingerprint density at radius 3 is 2.90 bits per heavy atom. The summed E-state index contributed by atoms with van der Waals surface area (Å²) in [5.41, 5.74) is 0.614. The van der Waals surface area contributed by atoms with Crippen molar-refractivity contribution in [2.24, 2.45) is 0 Å². The van der Waals surface area contributed by atoms with Crippen molar-refractivity contribution >= 4 is 0 Å². The second-order valence-corrected chi connectivity index (χ2v) is 1.93. The highest BCUT2D eigenvalue weighted by atomic mass is 19.1. The molecule has 0 spiro atoms. The van der Waals surface area contributed by atoms with Crippen molar-refractivity contribution in [3.63, 3.8) is 0 Å². The Labute approximate surface area is 58.9 Å². The van der Waals surface area contributed by atoms with Crippen LogP contribution >= 0.6 is 0 Å². The van der Waals surface area contributed by atoms with E-state index in [0.717, 1.165) is 0 Å². The fourth-order valence-corrected chi connectivity index (χ4v) is 0.641. The number of hydrogen-bond donors (Lipinski definition) is 0. The van der Waals surface area contributed by atoms with Crippen molar-refractivity contribution < 1.29 is 4.39 Å². The Morgan fingerprint density at radius 2 is 2.40 bits per heavy atom. The van der Waals surface area contributed by atoms with Crippen molar-refractivity contribution in [1.82, 2.24) is 4.98 Å². The molecule has 0 bridgehead atoms. The largest absolute Gasteiger partial charge is 0.245 e. The Balaban J connectivity index is 3.31. The molecular formula is C8H6FN. The molecule has 0 saturated carbocycles. The van der Waals surface area contributed by atoms with E-state index in [2.05, 4.69) is 10.9 Å². The third kappa shape index (κ3) is 0.985. The van der Waals surface area contributed by atoms with Crippen LogP contribution in [0.1, 0.15) is 11.3 Å². The first-order chi connectivity index (χ1) is 4.75. The monoisotopic (exact) mass is 135 g/mol. The maximum atomic E-state index is 12.8. The van der Waals surface area contributed by atoms with Gasteiger partial charge in [-0.25, -0.2) is 9.37 Å². The maximum Gasteiger partial charge on any atom is 0.160 e. The molecule has 1 aromatic heterocycles. The third-order valence-corrected chi connectivity index (χ3v) is 1.22. The molecule has 0 aliphatic carbocycles. The van der Waals surface area contributed by atoms with E-state index in [1.165, 1.54) is 6.20 Å². The molecule has 0 aromatic carbocycles. The molecule has 1 nitrogen and oxygen atoms in total. The van der Waals surface area contributed by atoms with Crippen LogP contribution in [0, 0.1) is 25.1 Å². The van der Waals surface area contributed by atoms with Gasteiger partial charge in [0.05, 0.1) is 0 Å². The number of halogens is 1. The highest BCUT2D eigenvalue weighted by Crippen LogP contribution is 2.06. The predicted molar refractivity (Wildman–Crippen MR) is 36.9 cm³/mol. The first-order valence-electron chi connectivity index (χ1n) is 2.83. The standard InChI is InChI=1S/C8H6FN/c1-3-7-8(9)6(2)4-5-10-7/h1,4-5H,2H3. The molecule has 1 aromatic rings. The second kappa shape index (κ2) is 2.49. The van der Waals surface area contributed by atoms with Gasteiger partial charge in [0.1, 0.15) is 5.69 Å². The van der Waals surface area contributed by atoms with Gasteiger partial charge in [-0.05, 0) is 24.5 Å². The minimum atomic E-state index is -0.398. The normalized spacial score (nSPS) is 8.90. The Bertz CT molecular complexity index is 286. The highest BCUT2D eigenvalue weighted by molar-refractivity contribution is 5.29. The van der Waals surface area contributed by atoms with E-state index < -0.39 is 5.82 Å². The van der Waals surface area contributed by atoms with Crippen molar-refractivity contribution in [3.05, 3.63) is 29.3 Å². The summed E-state index contributed by atoms with van der Waals surface area (Å²) in [7, 11) is 0. The zero-order chi connectivity index (χ0) is 7.56. The molecule has 0 aliphatic heterocycles. The number of nitrogens with zero attached hydrogens (tertiary/aromatic N) is 1.